The highest BCUT2D eigenvalue weighted by atomic mass is 19.1. The topological polar surface area (TPSA) is 15.8 Å². The van der Waals surface area contributed by atoms with Gasteiger partial charge in [-0.25, -0.2) is 4.39 Å². The van der Waals surface area contributed by atoms with Crippen molar-refractivity contribution < 1.29 is 4.39 Å². The molecular formula is C31H46FN. The quantitative estimate of drug-likeness (QED) is 0.384. The normalized spacial score (nSPS) is 32.7. The monoisotopic (exact) mass is 451 g/mol. The van der Waals surface area contributed by atoms with Crippen molar-refractivity contribution in [3.05, 3.63) is 35.8 Å². The lowest BCUT2D eigenvalue weighted by Gasteiger charge is -2.45. The molecule has 0 aliphatic heterocycles. The lowest BCUT2D eigenvalue weighted by molar-refractivity contribution is 0.0612. The maximum absolute atomic E-state index is 14.1. The molecule has 1 nitrogen and oxygen atoms in total. The summed E-state index contributed by atoms with van der Waals surface area (Å²) < 4.78 is 14.1. The van der Waals surface area contributed by atoms with Crippen LogP contribution >= 0.6 is 0 Å². The van der Waals surface area contributed by atoms with Gasteiger partial charge < -0.3 is 4.98 Å². The van der Waals surface area contributed by atoms with Crippen LogP contribution in [0.2, 0.25) is 0 Å². The number of halogens is 1. The van der Waals surface area contributed by atoms with Crippen molar-refractivity contribution in [2.24, 2.45) is 29.6 Å². The van der Waals surface area contributed by atoms with E-state index in [0.717, 1.165) is 40.5 Å². The van der Waals surface area contributed by atoms with Gasteiger partial charge in [0.05, 0.1) is 0 Å². The maximum atomic E-state index is 14.1. The minimum atomic E-state index is -0.0911. The zero-order valence-electron chi connectivity index (χ0n) is 21.0. The van der Waals surface area contributed by atoms with Gasteiger partial charge in [-0.05, 0) is 111 Å². The molecule has 3 saturated carbocycles. The molecule has 1 N–H and O–H groups in total. The van der Waals surface area contributed by atoms with E-state index in [-0.39, 0.29) is 5.82 Å². The van der Waals surface area contributed by atoms with Gasteiger partial charge in [0.1, 0.15) is 5.82 Å². The average molecular weight is 452 g/mol. The number of fused-ring (bicyclic) bond motifs is 2. The number of rotatable bonds is 8. The molecule has 0 spiro atoms. The fourth-order valence-electron chi connectivity index (χ4n) is 8.01. The second-order valence-electron chi connectivity index (χ2n) is 12.0. The van der Waals surface area contributed by atoms with E-state index >= 15 is 0 Å². The molecule has 2 aromatic rings. The van der Waals surface area contributed by atoms with Gasteiger partial charge in [0, 0.05) is 16.6 Å². The Morgan fingerprint density at radius 1 is 0.788 bits per heavy atom. The van der Waals surface area contributed by atoms with Crippen LogP contribution in [0.25, 0.3) is 10.9 Å². The van der Waals surface area contributed by atoms with E-state index in [1.54, 1.807) is 12.5 Å². The fourth-order valence-corrected chi connectivity index (χ4v) is 8.01. The van der Waals surface area contributed by atoms with E-state index in [0.29, 0.717) is 5.92 Å². The van der Waals surface area contributed by atoms with Gasteiger partial charge in [0.2, 0.25) is 0 Å². The molecule has 0 amide bonds. The van der Waals surface area contributed by atoms with Crippen LogP contribution in [0.15, 0.2) is 24.3 Å². The third kappa shape index (κ3) is 5.51. The van der Waals surface area contributed by atoms with Crippen LogP contribution in [0.5, 0.6) is 0 Å². The number of aromatic nitrogens is 1. The molecule has 3 aliphatic rings. The Morgan fingerprint density at radius 2 is 1.48 bits per heavy atom. The van der Waals surface area contributed by atoms with Crippen molar-refractivity contribution in [1.29, 1.82) is 0 Å². The fraction of sp³-hybridized carbons (Fsp3) is 0.742. The summed E-state index contributed by atoms with van der Waals surface area (Å²) in [5.41, 5.74) is 2.23. The van der Waals surface area contributed by atoms with E-state index in [1.807, 2.05) is 12.1 Å². The van der Waals surface area contributed by atoms with E-state index in [2.05, 4.69) is 18.0 Å². The van der Waals surface area contributed by atoms with Gasteiger partial charge in [-0.2, -0.15) is 0 Å². The van der Waals surface area contributed by atoms with E-state index in [1.165, 1.54) is 102 Å². The van der Waals surface area contributed by atoms with Crippen LogP contribution in [0.3, 0.4) is 0 Å². The Kier molecular flexibility index (Phi) is 7.78. The minimum Gasteiger partial charge on any atom is -0.358 e. The van der Waals surface area contributed by atoms with Crippen LogP contribution in [-0.4, -0.2) is 4.98 Å². The lowest BCUT2D eigenvalue weighted by Crippen LogP contribution is -2.34. The van der Waals surface area contributed by atoms with Crippen molar-refractivity contribution in [3.8, 4) is 0 Å². The molecule has 2 heteroatoms. The highest BCUT2D eigenvalue weighted by Gasteiger charge is 2.38. The highest BCUT2D eigenvalue weighted by Crippen LogP contribution is 2.50. The first-order valence-electron chi connectivity index (χ1n) is 14.5. The van der Waals surface area contributed by atoms with Gasteiger partial charge >= 0.3 is 0 Å². The average Bonchev–Trinajstić information content (AvgIpc) is 3.29. The Balaban J connectivity index is 1.07. The predicted octanol–water partition coefficient (Wildman–Crippen LogP) is 9.77. The van der Waals surface area contributed by atoms with Gasteiger partial charge in [-0.15, -0.1) is 0 Å². The van der Waals surface area contributed by atoms with Crippen molar-refractivity contribution in [2.75, 3.05) is 0 Å². The largest absolute Gasteiger partial charge is 0.358 e. The van der Waals surface area contributed by atoms with Crippen LogP contribution in [0.4, 0.5) is 4.39 Å². The van der Waals surface area contributed by atoms with Gasteiger partial charge in [-0.1, -0.05) is 57.9 Å². The molecular weight excluding hydrogens is 405 g/mol. The van der Waals surface area contributed by atoms with Crippen molar-refractivity contribution in [1.82, 2.24) is 4.98 Å². The lowest BCUT2D eigenvalue weighted by atomic mass is 9.60. The Hall–Kier alpha value is -1.31. The van der Waals surface area contributed by atoms with Crippen molar-refractivity contribution in [3.63, 3.8) is 0 Å². The first-order chi connectivity index (χ1) is 16.2. The number of aromatic amines is 1. The van der Waals surface area contributed by atoms with E-state index in [4.69, 9.17) is 0 Å². The molecule has 1 aromatic carbocycles. The van der Waals surface area contributed by atoms with Gasteiger partial charge in [0.15, 0.2) is 0 Å². The first kappa shape index (κ1) is 23.4. The molecule has 1 heterocycles. The zero-order valence-corrected chi connectivity index (χ0v) is 21.0. The number of benzene rings is 1. The first-order valence-corrected chi connectivity index (χ1v) is 14.5. The summed E-state index contributed by atoms with van der Waals surface area (Å²) in [5, 5.41) is 0.768. The molecule has 3 fully saturated rings. The molecule has 4 atom stereocenters. The number of H-pyrrole nitrogens is 1. The number of hydrogen-bond acceptors (Lipinski definition) is 0. The molecule has 0 saturated heterocycles. The van der Waals surface area contributed by atoms with E-state index in [9.17, 15) is 4.39 Å². The smallest absolute Gasteiger partial charge is 0.132 e. The molecule has 33 heavy (non-hydrogen) atoms. The third-order valence-corrected chi connectivity index (χ3v) is 9.99. The van der Waals surface area contributed by atoms with Crippen molar-refractivity contribution >= 4 is 10.9 Å². The SMILES string of the molecule is CCCCCCC[C@H]1CC[C@@H]2C[C@H](C3CCC(c4cc5c(F)cccc5[nH]4)CC3)CC[C@@H]2C1. The van der Waals surface area contributed by atoms with Crippen molar-refractivity contribution in [2.45, 2.75) is 116 Å². The minimum absolute atomic E-state index is 0.0911. The Labute approximate surface area is 201 Å². The number of unbranched alkanes of at least 4 members (excludes halogenated alkanes) is 4. The zero-order chi connectivity index (χ0) is 22.6. The molecule has 5 rings (SSSR count). The summed E-state index contributed by atoms with van der Waals surface area (Å²) in [7, 11) is 0. The molecule has 0 unspecified atom stereocenters. The Bertz CT molecular complexity index is 876. The van der Waals surface area contributed by atoms with Crippen LogP contribution in [-0.2, 0) is 0 Å². The third-order valence-electron chi connectivity index (χ3n) is 9.99. The molecule has 3 aliphatic carbocycles. The van der Waals surface area contributed by atoms with Crippen LogP contribution < -0.4 is 0 Å². The van der Waals surface area contributed by atoms with E-state index < -0.39 is 0 Å². The van der Waals surface area contributed by atoms with Gasteiger partial charge in [0.25, 0.3) is 0 Å². The molecule has 182 valence electrons. The second-order valence-corrected chi connectivity index (χ2v) is 12.0. The highest BCUT2D eigenvalue weighted by molar-refractivity contribution is 5.81. The van der Waals surface area contributed by atoms with Gasteiger partial charge in [-0.3, -0.25) is 0 Å². The summed E-state index contributed by atoms with van der Waals surface area (Å²) in [5.74, 6) is 5.56. The summed E-state index contributed by atoms with van der Waals surface area (Å²) in [6.45, 7) is 2.31. The maximum Gasteiger partial charge on any atom is 0.132 e. The van der Waals surface area contributed by atoms with Crippen LogP contribution in [0, 0.1) is 35.4 Å². The Morgan fingerprint density at radius 3 is 2.27 bits per heavy atom. The molecule has 0 radical (unpaired) electrons. The molecule has 0 bridgehead atoms. The number of nitrogens with one attached hydrogen (secondary N) is 1. The summed E-state index contributed by atoms with van der Waals surface area (Å²) in [4.78, 5) is 3.53. The molecule has 1 aromatic heterocycles. The second kappa shape index (κ2) is 11.0. The summed E-state index contributed by atoms with van der Waals surface area (Å²) in [6.07, 6.45) is 23.2. The summed E-state index contributed by atoms with van der Waals surface area (Å²) in [6, 6.07) is 7.48. The van der Waals surface area contributed by atoms with Crippen LogP contribution in [0.1, 0.15) is 121 Å². The standard InChI is InChI=1S/C31H46FN/c1-2-3-4-5-6-8-22-11-12-27-20-26(18-17-25(27)19-22)23-13-15-24(16-14-23)31-21-28-29(32)9-7-10-30(28)33-31/h7,9-10,21-27,33H,2-6,8,11-20H2,1H3/t22-,23?,24?,25+,26+,27+/m0/s1. The number of hydrogen-bond donors (Lipinski definition) is 1. The summed E-state index contributed by atoms with van der Waals surface area (Å²) >= 11 is 0. The predicted molar refractivity (Wildman–Crippen MR) is 138 cm³/mol.